The molecule has 7 nitrogen and oxygen atoms in total. The third-order valence-corrected chi connectivity index (χ3v) is 2.51. The highest BCUT2D eigenvalue weighted by molar-refractivity contribution is 6.02. The molecule has 0 unspecified atom stereocenters. The predicted molar refractivity (Wildman–Crippen MR) is 61.9 cm³/mol. The summed E-state index contributed by atoms with van der Waals surface area (Å²) in [6.07, 6.45) is 3.22. The van der Waals surface area contributed by atoms with Crippen molar-refractivity contribution in [1.29, 1.82) is 0 Å². The number of carbonyl (C=O) groups is 3. The molecule has 7 heteroatoms. The predicted octanol–water partition coefficient (Wildman–Crippen LogP) is -0.120. The van der Waals surface area contributed by atoms with E-state index < -0.39 is 17.9 Å². The molecule has 1 aliphatic heterocycles. The van der Waals surface area contributed by atoms with Gasteiger partial charge in [-0.05, 0) is 18.8 Å². The van der Waals surface area contributed by atoms with Crippen molar-refractivity contribution in [3.05, 3.63) is 12.2 Å². The molecule has 0 aliphatic carbocycles. The Morgan fingerprint density at radius 1 is 1.22 bits per heavy atom. The second-order valence-electron chi connectivity index (χ2n) is 3.93. The molecule has 1 heterocycles. The summed E-state index contributed by atoms with van der Waals surface area (Å²) in [4.78, 5) is 32.5. The molecular weight excluding hydrogens is 240 g/mol. The summed E-state index contributed by atoms with van der Waals surface area (Å²) < 4.78 is 5.18. The topological polar surface area (TPSA) is 105 Å². The quantitative estimate of drug-likeness (QED) is 0.608. The molecule has 0 aromatic heterocycles. The summed E-state index contributed by atoms with van der Waals surface area (Å²) in [6, 6.07) is -0.624. The molecule has 0 aromatic rings. The van der Waals surface area contributed by atoms with Crippen molar-refractivity contribution >= 4 is 17.9 Å². The van der Waals surface area contributed by atoms with Gasteiger partial charge in [0.2, 0.25) is 0 Å². The fraction of sp³-hybridized carbons (Fsp3) is 0.545. The lowest BCUT2D eigenvalue weighted by Gasteiger charge is -2.21. The Kier molecular flexibility index (Phi) is 5.86. The SMILES string of the molecule is O=C(O)C=CC(=O)NC(=O)NCC1CCOCC1. The summed E-state index contributed by atoms with van der Waals surface area (Å²) >= 11 is 0. The minimum absolute atomic E-state index is 0.356. The summed E-state index contributed by atoms with van der Waals surface area (Å²) in [6.45, 7) is 1.85. The Bertz CT molecular complexity index is 347. The van der Waals surface area contributed by atoms with Crippen LogP contribution in [0.25, 0.3) is 0 Å². The third-order valence-electron chi connectivity index (χ3n) is 2.51. The van der Waals surface area contributed by atoms with Gasteiger partial charge in [0.1, 0.15) is 0 Å². The number of hydrogen-bond donors (Lipinski definition) is 3. The van der Waals surface area contributed by atoms with Crippen molar-refractivity contribution in [3.63, 3.8) is 0 Å². The average molecular weight is 256 g/mol. The van der Waals surface area contributed by atoms with Crippen molar-refractivity contribution in [2.75, 3.05) is 19.8 Å². The second-order valence-corrected chi connectivity index (χ2v) is 3.93. The van der Waals surface area contributed by atoms with Gasteiger partial charge in [0, 0.05) is 31.9 Å². The van der Waals surface area contributed by atoms with Crippen LogP contribution in [-0.2, 0) is 14.3 Å². The van der Waals surface area contributed by atoms with Crippen LogP contribution in [0.1, 0.15) is 12.8 Å². The van der Waals surface area contributed by atoms with Crippen LogP contribution in [0.4, 0.5) is 4.79 Å². The summed E-state index contributed by atoms with van der Waals surface area (Å²) in [5, 5.41) is 12.9. The number of carboxylic acid groups (broad SMARTS) is 1. The molecule has 3 N–H and O–H groups in total. The van der Waals surface area contributed by atoms with Crippen molar-refractivity contribution < 1.29 is 24.2 Å². The van der Waals surface area contributed by atoms with Crippen LogP contribution in [0.3, 0.4) is 0 Å². The fourth-order valence-electron chi connectivity index (χ4n) is 1.53. The van der Waals surface area contributed by atoms with Gasteiger partial charge in [-0.15, -0.1) is 0 Å². The van der Waals surface area contributed by atoms with Gasteiger partial charge >= 0.3 is 12.0 Å². The van der Waals surface area contributed by atoms with Crippen molar-refractivity contribution in [3.8, 4) is 0 Å². The maximum atomic E-state index is 11.3. The van der Waals surface area contributed by atoms with Gasteiger partial charge in [0.05, 0.1) is 0 Å². The van der Waals surface area contributed by atoms with Crippen LogP contribution < -0.4 is 10.6 Å². The normalized spacial score (nSPS) is 16.4. The highest BCUT2D eigenvalue weighted by Gasteiger charge is 2.14. The maximum Gasteiger partial charge on any atom is 0.328 e. The van der Waals surface area contributed by atoms with Crippen LogP contribution in [-0.4, -0.2) is 42.8 Å². The number of carboxylic acids is 1. The Morgan fingerprint density at radius 2 is 1.89 bits per heavy atom. The van der Waals surface area contributed by atoms with E-state index in [1.54, 1.807) is 0 Å². The highest BCUT2D eigenvalue weighted by atomic mass is 16.5. The molecule has 3 amide bonds. The van der Waals surface area contributed by atoms with Gasteiger partial charge in [-0.1, -0.05) is 0 Å². The Hall–Kier alpha value is -1.89. The largest absolute Gasteiger partial charge is 0.478 e. The van der Waals surface area contributed by atoms with Crippen LogP contribution in [0.2, 0.25) is 0 Å². The van der Waals surface area contributed by atoms with E-state index in [9.17, 15) is 14.4 Å². The highest BCUT2D eigenvalue weighted by Crippen LogP contribution is 2.12. The van der Waals surface area contributed by atoms with Gasteiger partial charge < -0.3 is 15.2 Å². The number of carbonyl (C=O) groups excluding carboxylic acids is 2. The Morgan fingerprint density at radius 3 is 2.50 bits per heavy atom. The van der Waals surface area contributed by atoms with E-state index in [1.807, 2.05) is 5.32 Å². The zero-order chi connectivity index (χ0) is 13.4. The van der Waals surface area contributed by atoms with E-state index in [0.29, 0.717) is 31.8 Å². The van der Waals surface area contributed by atoms with Gasteiger partial charge in [-0.2, -0.15) is 0 Å². The first-order chi connectivity index (χ1) is 8.58. The second kappa shape index (κ2) is 7.44. The molecule has 0 atom stereocenters. The summed E-state index contributed by atoms with van der Waals surface area (Å²) in [5.74, 6) is -1.65. The molecule has 1 fully saturated rings. The van der Waals surface area contributed by atoms with E-state index >= 15 is 0 Å². The monoisotopic (exact) mass is 256 g/mol. The zero-order valence-electron chi connectivity index (χ0n) is 9.85. The first kappa shape index (κ1) is 14.2. The number of nitrogens with one attached hydrogen (secondary N) is 2. The molecule has 18 heavy (non-hydrogen) atoms. The molecule has 100 valence electrons. The van der Waals surface area contributed by atoms with E-state index in [2.05, 4.69) is 5.32 Å². The smallest absolute Gasteiger partial charge is 0.328 e. The Labute approximate surface area is 104 Å². The van der Waals surface area contributed by atoms with Gasteiger partial charge in [-0.3, -0.25) is 10.1 Å². The van der Waals surface area contributed by atoms with Gasteiger partial charge in [0.15, 0.2) is 0 Å². The first-order valence-electron chi connectivity index (χ1n) is 5.65. The molecule has 1 saturated heterocycles. The van der Waals surface area contributed by atoms with E-state index in [1.165, 1.54) is 0 Å². The van der Waals surface area contributed by atoms with Crippen LogP contribution in [0.5, 0.6) is 0 Å². The van der Waals surface area contributed by atoms with Crippen molar-refractivity contribution in [1.82, 2.24) is 10.6 Å². The lowest BCUT2D eigenvalue weighted by molar-refractivity contribution is -0.131. The summed E-state index contributed by atoms with van der Waals surface area (Å²) in [7, 11) is 0. The van der Waals surface area contributed by atoms with Crippen LogP contribution in [0.15, 0.2) is 12.2 Å². The number of ether oxygens (including phenoxy) is 1. The molecule has 1 rings (SSSR count). The third kappa shape index (κ3) is 6.00. The minimum atomic E-state index is -1.24. The lowest BCUT2D eigenvalue weighted by Crippen LogP contribution is -2.41. The number of amides is 3. The van der Waals surface area contributed by atoms with Crippen LogP contribution in [0, 0.1) is 5.92 Å². The average Bonchev–Trinajstić information content (AvgIpc) is 2.35. The molecule has 0 spiro atoms. The Balaban J connectivity index is 2.20. The molecule has 0 aromatic carbocycles. The fourth-order valence-corrected chi connectivity index (χ4v) is 1.53. The number of rotatable bonds is 4. The molecule has 0 radical (unpaired) electrons. The maximum absolute atomic E-state index is 11.3. The molecule has 1 aliphatic rings. The number of urea groups is 1. The van der Waals surface area contributed by atoms with Crippen molar-refractivity contribution in [2.45, 2.75) is 12.8 Å². The number of imide groups is 1. The van der Waals surface area contributed by atoms with E-state index in [4.69, 9.17) is 9.84 Å². The van der Waals surface area contributed by atoms with Crippen molar-refractivity contribution in [2.24, 2.45) is 5.92 Å². The molecule has 0 bridgehead atoms. The van der Waals surface area contributed by atoms with E-state index in [0.717, 1.165) is 18.9 Å². The standard InChI is InChI=1S/C11H16N2O5/c14-9(1-2-10(15)16)13-11(17)12-7-8-3-5-18-6-4-8/h1-2,8H,3-7H2,(H,15,16)(H2,12,13,14,17). The molecular formula is C11H16N2O5. The zero-order valence-corrected chi connectivity index (χ0v) is 9.85. The summed E-state index contributed by atoms with van der Waals surface area (Å²) in [5.41, 5.74) is 0. The lowest BCUT2D eigenvalue weighted by atomic mass is 10.0. The van der Waals surface area contributed by atoms with E-state index in [-0.39, 0.29) is 0 Å². The van der Waals surface area contributed by atoms with Crippen LogP contribution >= 0.6 is 0 Å². The first-order valence-corrected chi connectivity index (χ1v) is 5.65. The molecule has 0 saturated carbocycles. The number of hydrogen-bond acceptors (Lipinski definition) is 4. The van der Waals surface area contributed by atoms with Gasteiger partial charge in [0.25, 0.3) is 5.91 Å². The number of aliphatic carboxylic acids is 1. The van der Waals surface area contributed by atoms with Gasteiger partial charge in [-0.25, -0.2) is 9.59 Å². The minimum Gasteiger partial charge on any atom is -0.478 e.